The van der Waals surface area contributed by atoms with Crippen LogP contribution < -0.4 is 4.90 Å². The first-order chi connectivity index (χ1) is 12.8. The Bertz CT molecular complexity index is 893. The normalized spacial score (nSPS) is 26.0. The number of sulfonamides is 1. The highest BCUT2D eigenvalue weighted by atomic mass is 32.2. The molecule has 1 amide bonds. The van der Waals surface area contributed by atoms with E-state index in [4.69, 9.17) is 0 Å². The van der Waals surface area contributed by atoms with E-state index < -0.39 is 21.9 Å². The van der Waals surface area contributed by atoms with Gasteiger partial charge in [-0.2, -0.15) is 4.31 Å². The molecule has 1 aromatic rings. The molecular weight excluding hydrogens is 368 g/mol. The molecule has 1 aliphatic carbocycles. The second-order valence-electron chi connectivity index (χ2n) is 7.87. The van der Waals surface area contributed by atoms with E-state index in [1.54, 1.807) is 18.2 Å². The average molecular weight is 392 g/mol. The monoisotopic (exact) mass is 392 g/mol. The molecule has 8 heteroatoms. The number of anilines is 1. The van der Waals surface area contributed by atoms with Crippen LogP contribution in [0.25, 0.3) is 0 Å². The van der Waals surface area contributed by atoms with Crippen molar-refractivity contribution in [1.29, 1.82) is 0 Å². The Kier molecular flexibility index (Phi) is 4.50. The van der Waals surface area contributed by atoms with Crippen LogP contribution in [0.2, 0.25) is 0 Å². The van der Waals surface area contributed by atoms with Crippen LogP contribution >= 0.6 is 0 Å². The fraction of sp³-hybridized carbons (Fsp3) is 0.579. The molecular formula is C19H24N2O5S. The smallest absolute Gasteiger partial charge is 0.307 e. The van der Waals surface area contributed by atoms with Crippen LogP contribution in [-0.2, 0) is 26.0 Å². The van der Waals surface area contributed by atoms with Crippen molar-refractivity contribution >= 4 is 27.6 Å². The molecule has 4 rings (SSSR count). The lowest BCUT2D eigenvalue weighted by molar-refractivity contribution is -0.142. The first kappa shape index (κ1) is 18.4. The third-order valence-corrected chi connectivity index (χ3v) is 7.66. The topological polar surface area (TPSA) is 95.0 Å². The summed E-state index contributed by atoms with van der Waals surface area (Å²) in [6.07, 6.45) is 3.55. The van der Waals surface area contributed by atoms with Crippen LogP contribution in [0.1, 0.15) is 38.2 Å². The number of carbonyl (C=O) groups excluding carboxylic acids is 1. The molecule has 2 heterocycles. The molecule has 1 saturated heterocycles. The van der Waals surface area contributed by atoms with Crippen molar-refractivity contribution in [1.82, 2.24) is 4.31 Å². The standard InChI is InChI=1S/C19H24N2O5S/c1-12-9-15-10-16(6-7-17(15)21(12)18(22)13-4-5-13)27(25,26)20-8-2-3-14(11-20)19(23)24/h6-7,10,12-14H,2-5,8-9,11H2,1H3,(H,23,24)/t12-,14+/m1/s1. The molecule has 7 nitrogen and oxygen atoms in total. The van der Waals surface area contributed by atoms with Crippen molar-refractivity contribution in [2.45, 2.75) is 50.0 Å². The zero-order valence-electron chi connectivity index (χ0n) is 15.3. The average Bonchev–Trinajstić information content (AvgIpc) is 3.43. The van der Waals surface area contributed by atoms with Gasteiger partial charge < -0.3 is 10.0 Å². The molecule has 0 bridgehead atoms. The maximum Gasteiger partial charge on any atom is 0.307 e. The second-order valence-corrected chi connectivity index (χ2v) is 9.80. The Morgan fingerprint density at radius 2 is 1.89 bits per heavy atom. The third kappa shape index (κ3) is 3.25. The van der Waals surface area contributed by atoms with E-state index in [-0.39, 0.29) is 29.3 Å². The van der Waals surface area contributed by atoms with Gasteiger partial charge in [0.25, 0.3) is 0 Å². The predicted molar refractivity (Wildman–Crippen MR) is 98.9 cm³/mol. The molecule has 0 radical (unpaired) electrons. The van der Waals surface area contributed by atoms with Crippen molar-refractivity contribution in [3.63, 3.8) is 0 Å². The minimum Gasteiger partial charge on any atom is -0.481 e. The number of hydrogen-bond acceptors (Lipinski definition) is 4. The van der Waals surface area contributed by atoms with Crippen molar-refractivity contribution in [3.8, 4) is 0 Å². The Morgan fingerprint density at radius 1 is 1.15 bits per heavy atom. The fourth-order valence-electron chi connectivity index (χ4n) is 4.14. The summed E-state index contributed by atoms with van der Waals surface area (Å²) in [6.45, 7) is 2.33. The summed E-state index contributed by atoms with van der Waals surface area (Å²) in [7, 11) is -3.74. The number of hydrogen-bond donors (Lipinski definition) is 1. The largest absolute Gasteiger partial charge is 0.481 e. The number of nitrogens with zero attached hydrogens (tertiary/aromatic N) is 2. The highest BCUT2D eigenvalue weighted by Crippen LogP contribution is 2.40. The van der Waals surface area contributed by atoms with Crippen LogP contribution in [0.5, 0.6) is 0 Å². The molecule has 146 valence electrons. The van der Waals surface area contributed by atoms with Gasteiger partial charge in [0.15, 0.2) is 0 Å². The van der Waals surface area contributed by atoms with Gasteiger partial charge in [0.1, 0.15) is 0 Å². The van der Waals surface area contributed by atoms with Gasteiger partial charge in [-0.15, -0.1) is 0 Å². The molecule has 2 aliphatic heterocycles. The van der Waals surface area contributed by atoms with Gasteiger partial charge in [-0.25, -0.2) is 8.42 Å². The summed E-state index contributed by atoms with van der Waals surface area (Å²) in [5.74, 6) is -1.36. The van der Waals surface area contributed by atoms with Gasteiger partial charge in [0, 0.05) is 30.7 Å². The zero-order valence-corrected chi connectivity index (χ0v) is 16.1. The molecule has 0 spiro atoms. The maximum absolute atomic E-state index is 13.0. The van der Waals surface area contributed by atoms with Gasteiger partial charge in [0.05, 0.1) is 10.8 Å². The van der Waals surface area contributed by atoms with Gasteiger partial charge in [-0.05, 0) is 62.8 Å². The number of fused-ring (bicyclic) bond motifs is 1. The van der Waals surface area contributed by atoms with Gasteiger partial charge in [0.2, 0.25) is 15.9 Å². The zero-order chi connectivity index (χ0) is 19.3. The van der Waals surface area contributed by atoms with E-state index in [0.29, 0.717) is 25.8 Å². The lowest BCUT2D eigenvalue weighted by atomic mass is 10.0. The van der Waals surface area contributed by atoms with Gasteiger partial charge in [-0.3, -0.25) is 9.59 Å². The van der Waals surface area contributed by atoms with Crippen LogP contribution in [0.4, 0.5) is 5.69 Å². The van der Waals surface area contributed by atoms with Crippen LogP contribution in [0.3, 0.4) is 0 Å². The number of carbonyl (C=O) groups is 2. The Morgan fingerprint density at radius 3 is 2.56 bits per heavy atom. The predicted octanol–water partition coefficient (Wildman–Crippen LogP) is 1.86. The second kappa shape index (κ2) is 6.60. The SMILES string of the molecule is C[C@@H]1Cc2cc(S(=O)(=O)N3CCC[C@H](C(=O)O)C3)ccc2N1C(=O)C1CC1. The molecule has 1 aromatic carbocycles. The molecule has 0 aromatic heterocycles. The quantitative estimate of drug-likeness (QED) is 0.844. The van der Waals surface area contributed by atoms with E-state index in [0.717, 1.165) is 24.1 Å². The minimum atomic E-state index is -3.74. The maximum atomic E-state index is 13.0. The Hall–Kier alpha value is -1.93. The van der Waals surface area contributed by atoms with Gasteiger partial charge >= 0.3 is 5.97 Å². The molecule has 1 saturated carbocycles. The number of aliphatic carboxylic acids is 1. The summed E-state index contributed by atoms with van der Waals surface area (Å²) >= 11 is 0. The molecule has 3 aliphatic rings. The van der Waals surface area contributed by atoms with E-state index in [2.05, 4.69) is 0 Å². The lowest BCUT2D eigenvalue weighted by Crippen LogP contribution is -2.42. The third-order valence-electron chi connectivity index (χ3n) is 5.80. The van der Waals surface area contributed by atoms with E-state index in [9.17, 15) is 23.1 Å². The molecule has 2 fully saturated rings. The van der Waals surface area contributed by atoms with Crippen molar-refractivity contribution in [2.24, 2.45) is 11.8 Å². The lowest BCUT2D eigenvalue weighted by Gasteiger charge is -2.30. The molecule has 2 atom stereocenters. The fourth-order valence-corrected chi connectivity index (χ4v) is 5.72. The first-order valence-electron chi connectivity index (χ1n) is 9.48. The van der Waals surface area contributed by atoms with Crippen LogP contribution in [-0.4, -0.2) is 48.8 Å². The highest BCUT2D eigenvalue weighted by molar-refractivity contribution is 7.89. The summed E-state index contributed by atoms with van der Waals surface area (Å²) in [5, 5.41) is 9.22. The minimum absolute atomic E-state index is 0.0114. The summed E-state index contributed by atoms with van der Waals surface area (Å²) < 4.78 is 27.3. The van der Waals surface area contributed by atoms with E-state index >= 15 is 0 Å². The molecule has 0 unspecified atom stereocenters. The number of amides is 1. The van der Waals surface area contributed by atoms with E-state index in [1.807, 2.05) is 11.8 Å². The molecule has 1 N–H and O–H groups in total. The summed E-state index contributed by atoms with van der Waals surface area (Å²) in [4.78, 5) is 25.8. The van der Waals surface area contributed by atoms with E-state index in [1.165, 1.54) is 4.31 Å². The Labute approximate surface area is 159 Å². The van der Waals surface area contributed by atoms with Crippen LogP contribution in [0, 0.1) is 11.8 Å². The van der Waals surface area contributed by atoms with Crippen molar-refractivity contribution in [2.75, 3.05) is 18.0 Å². The summed E-state index contributed by atoms with van der Waals surface area (Å²) in [6, 6.07) is 4.96. The number of carboxylic acid groups (broad SMARTS) is 1. The van der Waals surface area contributed by atoms with Gasteiger partial charge in [-0.1, -0.05) is 0 Å². The number of carboxylic acids is 1. The first-order valence-corrected chi connectivity index (χ1v) is 10.9. The molecule has 27 heavy (non-hydrogen) atoms. The number of rotatable bonds is 4. The van der Waals surface area contributed by atoms with Crippen molar-refractivity contribution < 1.29 is 23.1 Å². The van der Waals surface area contributed by atoms with Crippen molar-refractivity contribution in [3.05, 3.63) is 23.8 Å². The highest BCUT2D eigenvalue weighted by Gasteiger charge is 2.40. The number of benzene rings is 1. The summed E-state index contributed by atoms with van der Waals surface area (Å²) in [5.41, 5.74) is 1.67. The number of piperidine rings is 1. The van der Waals surface area contributed by atoms with Crippen LogP contribution in [0.15, 0.2) is 23.1 Å². The Balaban J connectivity index is 1.61.